The monoisotopic (exact) mass is 310 g/mol. The molecule has 1 aromatic carbocycles. The van der Waals surface area contributed by atoms with Crippen LogP contribution in [0.15, 0.2) is 23.1 Å². The van der Waals surface area contributed by atoms with Crippen LogP contribution in [-0.2, 0) is 9.53 Å². The minimum absolute atomic E-state index is 0.111. The molecule has 0 aromatic heterocycles. The van der Waals surface area contributed by atoms with E-state index in [4.69, 9.17) is 4.74 Å². The van der Waals surface area contributed by atoms with E-state index in [-0.39, 0.29) is 5.91 Å². The molecular weight excluding hydrogens is 284 g/mol. The summed E-state index contributed by atoms with van der Waals surface area (Å²) in [6.45, 7) is 7.17. The second kappa shape index (κ2) is 10.7. The minimum Gasteiger partial charge on any atom is -0.383 e. The zero-order valence-electron chi connectivity index (χ0n) is 13.2. The Labute approximate surface area is 132 Å². The lowest BCUT2D eigenvalue weighted by atomic mass is 10.1. The Bertz CT molecular complexity index is 438. The number of hydrogen-bond donors (Lipinski definition) is 2. The Morgan fingerprint density at radius 2 is 2.00 bits per heavy atom. The van der Waals surface area contributed by atoms with Crippen LogP contribution in [0.3, 0.4) is 0 Å². The highest BCUT2D eigenvalue weighted by molar-refractivity contribution is 7.99. The van der Waals surface area contributed by atoms with Gasteiger partial charge >= 0.3 is 0 Å². The van der Waals surface area contributed by atoms with E-state index in [0.717, 1.165) is 18.8 Å². The van der Waals surface area contributed by atoms with Gasteiger partial charge in [-0.2, -0.15) is 0 Å². The number of carbonyl (C=O) groups excluding carboxylic acids is 1. The lowest BCUT2D eigenvalue weighted by Gasteiger charge is -2.07. The molecule has 0 fully saturated rings. The molecule has 1 amide bonds. The van der Waals surface area contributed by atoms with Crippen LogP contribution in [0.1, 0.15) is 17.5 Å². The molecule has 0 spiro atoms. The zero-order chi connectivity index (χ0) is 15.5. The van der Waals surface area contributed by atoms with Crippen LogP contribution in [0.4, 0.5) is 0 Å². The molecule has 0 saturated carbocycles. The summed E-state index contributed by atoms with van der Waals surface area (Å²) in [5, 5.41) is 6.10. The normalized spacial score (nSPS) is 10.6. The maximum atomic E-state index is 11.7. The highest BCUT2D eigenvalue weighted by Crippen LogP contribution is 2.21. The predicted octanol–water partition coefficient (Wildman–Crippen LogP) is 2.14. The Kier molecular flexibility index (Phi) is 9.14. The van der Waals surface area contributed by atoms with Crippen molar-refractivity contribution in [3.8, 4) is 0 Å². The SMILES string of the molecule is COCCNCCNC(=O)CCSc1ccc(C)c(C)c1. The first-order chi connectivity index (χ1) is 10.1. The smallest absolute Gasteiger partial charge is 0.220 e. The van der Waals surface area contributed by atoms with E-state index in [1.807, 2.05) is 0 Å². The van der Waals surface area contributed by atoms with Gasteiger partial charge in [-0.25, -0.2) is 0 Å². The average Bonchev–Trinajstić information content (AvgIpc) is 2.46. The van der Waals surface area contributed by atoms with E-state index < -0.39 is 0 Å². The molecule has 0 heterocycles. The molecular formula is C16H26N2O2S. The highest BCUT2D eigenvalue weighted by atomic mass is 32.2. The van der Waals surface area contributed by atoms with Crippen molar-refractivity contribution in [3.05, 3.63) is 29.3 Å². The fourth-order valence-corrected chi connectivity index (χ4v) is 2.69. The Balaban J connectivity index is 2.09. The van der Waals surface area contributed by atoms with Crippen molar-refractivity contribution in [2.24, 2.45) is 0 Å². The first kappa shape index (κ1) is 18.0. The maximum Gasteiger partial charge on any atom is 0.220 e. The van der Waals surface area contributed by atoms with E-state index in [1.54, 1.807) is 18.9 Å². The topological polar surface area (TPSA) is 50.4 Å². The largest absolute Gasteiger partial charge is 0.383 e. The van der Waals surface area contributed by atoms with Crippen LogP contribution in [0.5, 0.6) is 0 Å². The van der Waals surface area contributed by atoms with Crippen molar-refractivity contribution in [2.75, 3.05) is 39.1 Å². The van der Waals surface area contributed by atoms with Crippen molar-refractivity contribution in [3.63, 3.8) is 0 Å². The number of amides is 1. The molecule has 1 aromatic rings. The van der Waals surface area contributed by atoms with Crippen molar-refractivity contribution in [1.29, 1.82) is 0 Å². The second-order valence-electron chi connectivity index (χ2n) is 4.94. The van der Waals surface area contributed by atoms with E-state index in [1.165, 1.54) is 16.0 Å². The molecule has 2 N–H and O–H groups in total. The van der Waals surface area contributed by atoms with Crippen LogP contribution < -0.4 is 10.6 Å². The van der Waals surface area contributed by atoms with Gasteiger partial charge < -0.3 is 15.4 Å². The first-order valence-electron chi connectivity index (χ1n) is 7.30. The fraction of sp³-hybridized carbons (Fsp3) is 0.562. The molecule has 0 aliphatic rings. The number of hydrogen-bond acceptors (Lipinski definition) is 4. The van der Waals surface area contributed by atoms with Gasteiger partial charge in [0.2, 0.25) is 5.91 Å². The van der Waals surface area contributed by atoms with Crippen LogP contribution in [-0.4, -0.2) is 45.0 Å². The molecule has 1 rings (SSSR count). The summed E-state index contributed by atoms with van der Waals surface area (Å²) in [4.78, 5) is 12.9. The van der Waals surface area contributed by atoms with Crippen molar-refractivity contribution >= 4 is 17.7 Å². The van der Waals surface area contributed by atoms with Crippen molar-refractivity contribution < 1.29 is 9.53 Å². The molecule has 118 valence electrons. The van der Waals surface area contributed by atoms with Gasteiger partial charge in [0.25, 0.3) is 0 Å². The molecule has 0 bridgehead atoms. The molecule has 5 heteroatoms. The van der Waals surface area contributed by atoms with Crippen LogP contribution in [0.25, 0.3) is 0 Å². The molecule has 0 saturated heterocycles. The molecule has 4 nitrogen and oxygen atoms in total. The summed E-state index contributed by atoms with van der Waals surface area (Å²) in [7, 11) is 1.68. The number of carbonyl (C=O) groups is 1. The Morgan fingerprint density at radius 1 is 1.19 bits per heavy atom. The summed E-state index contributed by atoms with van der Waals surface area (Å²) in [6.07, 6.45) is 0.551. The predicted molar refractivity (Wildman–Crippen MR) is 89.0 cm³/mol. The van der Waals surface area contributed by atoms with E-state index in [9.17, 15) is 4.79 Å². The van der Waals surface area contributed by atoms with Gasteiger partial charge in [0.15, 0.2) is 0 Å². The summed E-state index contributed by atoms with van der Waals surface area (Å²) >= 11 is 1.73. The van der Waals surface area contributed by atoms with Crippen molar-refractivity contribution in [2.45, 2.75) is 25.2 Å². The summed E-state index contributed by atoms with van der Waals surface area (Å²) in [5.41, 5.74) is 2.60. The van der Waals surface area contributed by atoms with E-state index in [2.05, 4.69) is 42.7 Å². The molecule has 0 radical (unpaired) electrons. The standard InChI is InChI=1S/C16H26N2O2S/c1-13-4-5-15(12-14(13)2)21-11-6-16(19)18-8-7-17-9-10-20-3/h4-5,12,17H,6-11H2,1-3H3,(H,18,19). The molecule has 0 atom stereocenters. The van der Waals surface area contributed by atoms with Crippen LogP contribution >= 0.6 is 11.8 Å². The van der Waals surface area contributed by atoms with Gasteiger partial charge in [0.05, 0.1) is 6.61 Å². The van der Waals surface area contributed by atoms with Crippen LogP contribution in [0, 0.1) is 13.8 Å². The van der Waals surface area contributed by atoms with Gasteiger partial charge in [-0.1, -0.05) is 6.07 Å². The summed E-state index contributed by atoms with van der Waals surface area (Å²) in [5.74, 6) is 0.922. The van der Waals surface area contributed by atoms with Gasteiger partial charge in [-0.05, 0) is 37.1 Å². The third kappa shape index (κ3) is 8.09. The van der Waals surface area contributed by atoms with Crippen LogP contribution in [0.2, 0.25) is 0 Å². The fourth-order valence-electron chi connectivity index (χ4n) is 1.74. The van der Waals surface area contributed by atoms with Crippen molar-refractivity contribution in [1.82, 2.24) is 10.6 Å². The Hall–Kier alpha value is -1.04. The number of methoxy groups -OCH3 is 1. The van der Waals surface area contributed by atoms with E-state index >= 15 is 0 Å². The third-order valence-corrected chi connectivity index (χ3v) is 4.18. The number of ether oxygens (including phenoxy) is 1. The lowest BCUT2D eigenvalue weighted by molar-refractivity contribution is -0.120. The summed E-state index contributed by atoms with van der Waals surface area (Å²) < 4.78 is 4.93. The quantitative estimate of drug-likeness (QED) is 0.513. The highest BCUT2D eigenvalue weighted by Gasteiger charge is 2.02. The molecule has 0 aliphatic heterocycles. The van der Waals surface area contributed by atoms with E-state index in [0.29, 0.717) is 19.6 Å². The van der Waals surface area contributed by atoms with Gasteiger partial charge in [0.1, 0.15) is 0 Å². The minimum atomic E-state index is 0.111. The van der Waals surface area contributed by atoms with Gasteiger partial charge in [-0.15, -0.1) is 11.8 Å². The zero-order valence-corrected chi connectivity index (χ0v) is 14.0. The lowest BCUT2D eigenvalue weighted by Crippen LogP contribution is -2.33. The number of nitrogens with one attached hydrogen (secondary N) is 2. The third-order valence-electron chi connectivity index (χ3n) is 3.18. The van der Waals surface area contributed by atoms with Gasteiger partial charge in [-0.3, -0.25) is 4.79 Å². The number of benzene rings is 1. The number of rotatable bonds is 10. The molecule has 0 aliphatic carbocycles. The summed E-state index contributed by atoms with van der Waals surface area (Å²) in [6, 6.07) is 6.42. The Morgan fingerprint density at radius 3 is 2.71 bits per heavy atom. The number of thioether (sulfide) groups is 1. The maximum absolute atomic E-state index is 11.7. The average molecular weight is 310 g/mol. The van der Waals surface area contributed by atoms with Gasteiger partial charge in [0, 0.05) is 43.8 Å². The molecule has 21 heavy (non-hydrogen) atoms. The first-order valence-corrected chi connectivity index (χ1v) is 8.28. The molecule has 0 unspecified atom stereocenters. The number of aryl methyl sites for hydroxylation is 2. The second-order valence-corrected chi connectivity index (χ2v) is 6.11.